The number of hydrogen-bond acceptors (Lipinski definition) is 11. The van der Waals surface area contributed by atoms with Gasteiger partial charge in [-0.15, -0.1) is 0 Å². The first-order chi connectivity index (χ1) is 16.3. The summed E-state index contributed by atoms with van der Waals surface area (Å²) in [6, 6.07) is 0. The smallest absolute Gasteiger partial charge is 0.748 e. The molecule has 0 bridgehead atoms. The molecule has 0 aromatic rings. The Morgan fingerprint density at radius 3 is 2.24 bits per heavy atom. The van der Waals surface area contributed by atoms with Crippen LogP contribution in [0.5, 0.6) is 0 Å². The Kier molecular flexibility index (Phi) is 8.58. The van der Waals surface area contributed by atoms with Gasteiger partial charge in [0.05, 0.1) is 41.9 Å². The predicted molar refractivity (Wildman–Crippen MR) is 126 cm³/mol. The molecule has 3 unspecified atom stereocenters. The van der Waals surface area contributed by atoms with Crippen LogP contribution in [0.25, 0.3) is 0 Å². The van der Waals surface area contributed by atoms with Crippen molar-refractivity contribution in [1.29, 1.82) is 0 Å². The molecule has 0 spiro atoms. The number of hydrogen-bond donors (Lipinski definition) is 0. The van der Waals surface area contributed by atoms with Gasteiger partial charge < -0.3 is 9.29 Å². The Bertz CT molecular complexity index is 1290. The maximum Gasteiger partial charge on any atom is 1.00 e. The van der Waals surface area contributed by atoms with E-state index in [1.807, 2.05) is 6.92 Å². The van der Waals surface area contributed by atoms with Crippen molar-refractivity contribution in [1.82, 2.24) is 0 Å². The van der Waals surface area contributed by atoms with Gasteiger partial charge in [-0.1, -0.05) is 19.9 Å². The van der Waals surface area contributed by atoms with Crippen LogP contribution in [0.1, 0.15) is 46.0 Å². The second-order valence-electron chi connectivity index (χ2n) is 11.4. The van der Waals surface area contributed by atoms with E-state index in [2.05, 4.69) is 0 Å². The summed E-state index contributed by atoms with van der Waals surface area (Å²) in [6.45, 7) is 3.43. The van der Waals surface area contributed by atoms with Gasteiger partial charge in [-0.05, 0) is 54.8 Å². The Morgan fingerprint density at radius 2 is 1.68 bits per heavy atom. The molecule has 15 heteroatoms. The van der Waals surface area contributed by atoms with E-state index in [1.54, 1.807) is 13.0 Å². The summed E-state index contributed by atoms with van der Waals surface area (Å²) in [4.78, 5) is 12.3. The molecule has 3 fully saturated rings. The minimum absolute atomic E-state index is 0. The molecule has 0 amide bonds. The van der Waals surface area contributed by atoms with Crippen molar-refractivity contribution < 1.29 is 77.3 Å². The predicted octanol–water partition coefficient (Wildman–Crippen LogP) is -1.82. The summed E-state index contributed by atoms with van der Waals surface area (Å²) in [5, 5.41) is 0. The molecule has 4 rings (SSSR count). The van der Waals surface area contributed by atoms with Gasteiger partial charge in [-0.3, -0.25) is 8.37 Å². The molecule has 3 aliphatic carbocycles. The van der Waals surface area contributed by atoms with Gasteiger partial charge in [0.1, 0.15) is 0 Å². The van der Waals surface area contributed by atoms with Crippen LogP contribution in [0.4, 0.5) is 0 Å². The standard InChI is InChI=1S/C22H34O11S3.Na/c1-20-9-8-18(33-35(4,26)27)21(2,12-32-34(3,24)25)16(20)7-10-22(13-36(28,29)30)15-11-31-19(23)14(15)5-6-17(20)22;/h5,15-18H,6-13H2,1-4H3,(H,28,29,30);/q;+1/p-1/t15?,16?,17?,18-,20-,21+,22+;/m1./s1. The van der Waals surface area contributed by atoms with Gasteiger partial charge in [0.15, 0.2) is 0 Å². The van der Waals surface area contributed by atoms with Gasteiger partial charge in [-0.2, -0.15) is 16.8 Å². The van der Waals surface area contributed by atoms with Crippen LogP contribution in [-0.4, -0.2) is 73.4 Å². The van der Waals surface area contributed by atoms with Crippen molar-refractivity contribution in [2.75, 3.05) is 31.5 Å². The third-order valence-corrected chi connectivity index (χ3v) is 11.3. The Hall–Kier alpha value is -0.0600. The zero-order valence-electron chi connectivity index (χ0n) is 21.8. The van der Waals surface area contributed by atoms with Crippen molar-refractivity contribution in [2.24, 2.45) is 34.0 Å². The van der Waals surface area contributed by atoms with Gasteiger partial charge in [0.2, 0.25) is 0 Å². The summed E-state index contributed by atoms with van der Waals surface area (Å²) in [5.74, 6) is -2.31. The molecular formula is C22H33NaO11S3. The topological polar surface area (TPSA) is 170 Å². The second kappa shape index (κ2) is 10.1. The largest absolute Gasteiger partial charge is 1.00 e. The van der Waals surface area contributed by atoms with Crippen molar-refractivity contribution in [2.45, 2.75) is 52.1 Å². The van der Waals surface area contributed by atoms with E-state index in [9.17, 15) is 34.6 Å². The van der Waals surface area contributed by atoms with Crippen molar-refractivity contribution in [3.63, 3.8) is 0 Å². The van der Waals surface area contributed by atoms with Crippen LogP contribution in [0, 0.1) is 34.0 Å². The Balaban J connectivity index is 0.00000380. The van der Waals surface area contributed by atoms with Crippen molar-refractivity contribution in [3.8, 4) is 0 Å². The van der Waals surface area contributed by atoms with Crippen LogP contribution >= 0.6 is 0 Å². The van der Waals surface area contributed by atoms with E-state index in [4.69, 9.17) is 13.1 Å². The molecule has 0 radical (unpaired) electrons. The number of cyclic esters (lactones) is 1. The number of ether oxygens (including phenoxy) is 1. The number of carbonyl (C=O) groups excluding carboxylic acids is 1. The first-order valence-electron chi connectivity index (χ1n) is 11.8. The normalized spacial score (nSPS) is 39.9. The summed E-state index contributed by atoms with van der Waals surface area (Å²) < 4.78 is 100. The van der Waals surface area contributed by atoms with E-state index in [0.29, 0.717) is 24.8 Å². The number of carbonyl (C=O) groups is 1. The van der Waals surface area contributed by atoms with Crippen LogP contribution in [-0.2, 0) is 48.3 Å². The van der Waals surface area contributed by atoms with E-state index in [-0.39, 0.29) is 67.4 Å². The molecule has 0 aromatic heterocycles. The summed E-state index contributed by atoms with van der Waals surface area (Å²) in [5.41, 5.74) is -2.28. The SMILES string of the molecule is C[C@@]12CC[C@@H](OS(C)(=O)=O)[C@@](C)(COS(C)(=O)=O)C1CC[C@]1(CS(=O)(=O)[O-])C3COC(=O)C3=CCC21.[Na+]. The fourth-order valence-corrected chi connectivity index (χ4v) is 10.4. The Morgan fingerprint density at radius 1 is 1.03 bits per heavy atom. The zero-order chi connectivity index (χ0) is 26.9. The van der Waals surface area contributed by atoms with Crippen molar-refractivity contribution in [3.05, 3.63) is 11.6 Å². The van der Waals surface area contributed by atoms with Crippen LogP contribution in [0.2, 0.25) is 0 Å². The average molecular weight is 593 g/mol. The molecule has 206 valence electrons. The van der Waals surface area contributed by atoms with Crippen LogP contribution in [0.3, 0.4) is 0 Å². The van der Waals surface area contributed by atoms with Gasteiger partial charge in [-0.25, -0.2) is 13.2 Å². The molecule has 37 heavy (non-hydrogen) atoms. The molecule has 11 nitrogen and oxygen atoms in total. The number of fused-ring (bicyclic) bond motifs is 5. The molecule has 4 aliphatic rings. The number of allylic oxidation sites excluding steroid dienone is 1. The first kappa shape index (κ1) is 31.5. The number of rotatable bonds is 7. The van der Waals surface area contributed by atoms with E-state index < -0.39 is 70.3 Å². The Labute approximate surface area is 241 Å². The van der Waals surface area contributed by atoms with Crippen LogP contribution < -0.4 is 29.6 Å². The van der Waals surface area contributed by atoms with Gasteiger partial charge >= 0.3 is 35.5 Å². The quantitative estimate of drug-likeness (QED) is 0.141. The fraction of sp³-hybridized carbons (Fsp3) is 0.864. The maximum absolute atomic E-state index is 12.3. The summed E-state index contributed by atoms with van der Waals surface area (Å²) in [6.07, 6.45) is 4.50. The average Bonchev–Trinajstić information content (AvgIpc) is 3.08. The second-order valence-corrected chi connectivity index (χ2v) is 16.1. The number of esters is 1. The first-order valence-corrected chi connectivity index (χ1v) is 17.1. The monoisotopic (exact) mass is 592 g/mol. The molecule has 0 aromatic carbocycles. The molecule has 0 N–H and O–H groups in total. The molecule has 7 atom stereocenters. The van der Waals surface area contributed by atoms with E-state index in [1.165, 1.54) is 0 Å². The minimum atomic E-state index is -4.67. The van der Waals surface area contributed by atoms with Crippen molar-refractivity contribution >= 4 is 36.3 Å². The third kappa shape index (κ3) is 5.88. The molecule has 1 saturated heterocycles. The van der Waals surface area contributed by atoms with E-state index in [0.717, 1.165) is 12.5 Å². The third-order valence-electron chi connectivity index (χ3n) is 9.24. The molecule has 2 saturated carbocycles. The van der Waals surface area contributed by atoms with Gasteiger partial charge in [0.25, 0.3) is 20.2 Å². The maximum atomic E-state index is 12.3. The van der Waals surface area contributed by atoms with Crippen LogP contribution in [0.15, 0.2) is 11.6 Å². The summed E-state index contributed by atoms with van der Waals surface area (Å²) in [7, 11) is -12.4. The molecule has 1 aliphatic heterocycles. The van der Waals surface area contributed by atoms with Gasteiger partial charge in [0, 0.05) is 22.7 Å². The molecule has 1 heterocycles. The zero-order valence-corrected chi connectivity index (χ0v) is 26.2. The summed E-state index contributed by atoms with van der Waals surface area (Å²) >= 11 is 0. The fourth-order valence-electron chi connectivity index (χ4n) is 7.98. The van der Waals surface area contributed by atoms with E-state index >= 15 is 0 Å². The minimum Gasteiger partial charge on any atom is -0.748 e. The molecular weight excluding hydrogens is 559 g/mol.